The summed E-state index contributed by atoms with van der Waals surface area (Å²) >= 11 is 1.60. The van der Waals surface area contributed by atoms with Crippen molar-refractivity contribution >= 4 is 29.2 Å². The second-order valence-electron chi connectivity index (χ2n) is 15.2. The molecular formula is C40H54N4O5S. The Kier molecular flexibility index (Phi) is 12.1. The van der Waals surface area contributed by atoms with Crippen LogP contribution in [0.5, 0.6) is 5.75 Å². The first-order chi connectivity index (χ1) is 24.2. The molecule has 50 heavy (non-hydrogen) atoms. The molecule has 0 spiro atoms. The highest BCUT2D eigenvalue weighted by atomic mass is 32.1. The first-order valence-electron chi connectivity index (χ1n) is 18.6. The summed E-state index contributed by atoms with van der Waals surface area (Å²) in [5, 5.41) is 3.86. The first kappa shape index (κ1) is 36.3. The second kappa shape index (κ2) is 16.7. The van der Waals surface area contributed by atoms with E-state index in [-0.39, 0.29) is 24.5 Å². The highest BCUT2D eigenvalue weighted by molar-refractivity contribution is 7.15. The number of aryl methyl sites for hydroxylation is 1. The predicted molar refractivity (Wildman–Crippen MR) is 198 cm³/mol. The van der Waals surface area contributed by atoms with Crippen LogP contribution in [0.25, 0.3) is 10.4 Å². The molecule has 2 saturated carbocycles. The molecule has 0 unspecified atom stereocenters. The van der Waals surface area contributed by atoms with E-state index < -0.39 is 11.5 Å². The number of nitrogens with zero attached hydrogens (tertiary/aromatic N) is 3. The van der Waals surface area contributed by atoms with Crippen LogP contribution in [0.2, 0.25) is 0 Å². The summed E-state index contributed by atoms with van der Waals surface area (Å²) < 4.78 is 16.5. The molecule has 0 bridgehead atoms. The number of benzene rings is 1. The minimum atomic E-state index is -0.460. The number of ether oxygens (including phenoxy) is 3. The molecule has 2 aromatic heterocycles. The standard InChI is InChI=1S/C40H54N4O5S/c1-27-22-31(14-15-34(27)47-4)29-12-10-28(11-13-29)25-44(37(45)30-8-6-5-7-9-30)36-23-32(16-19-41-36)35-24-42-38(50-35)40(2,3)26-49-39(46)43-33-17-20-48-21-18-33/h14-16,19,22-24,28-30,33H,5-13,17-18,20-21,25-26H2,1-4H3,(H,43,46). The van der Waals surface area contributed by atoms with Crippen LogP contribution in [-0.4, -0.2) is 61.5 Å². The maximum absolute atomic E-state index is 14.2. The van der Waals surface area contributed by atoms with Crippen LogP contribution in [0.1, 0.15) is 107 Å². The lowest BCUT2D eigenvalue weighted by Crippen LogP contribution is -2.41. The molecule has 2 amide bonds. The van der Waals surface area contributed by atoms with Gasteiger partial charge in [-0.3, -0.25) is 9.69 Å². The number of methoxy groups -OCH3 is 1. The summed E-state index contributed by atoms with van der Waals surface area (Å²) in [6, 6.07) is 10.7. The second-order valence-corrected chi connectivity index (χ2v) is 16.2. The van der Waals surface area contributed by atoms with Gasteiger partial charge in [0.2, 0.25) is 5.91 Å². The maximum atomic E-state index is 14.2. The third kappa shape index (κ3) is 9.04. The molecule has 3 aliphatic rings. The molecule has 270 valence electrons. The molecule has 0 radical (unpaired) electrons. The van der Waals surface area contributed by atoms with Crippen LogP contribution in [0.15, 0.2) is 42.7 Å². The molecule has 10 heteroatoms. The van der Waals surface area contributed by atoms with E-state index in [4.69, 9.17) is 24.2 Å². The Hall–Kier alpha value is -3.50. The van der Waals surface area contributed by atoms with Crippen molar-refractivity contribution in [3.05, 3.63) is 58.9 Å². The molecular weight excluding hydrogens is 649 g/mol. The van der Waals surface area contributed by atoms with Crippen LogP contribution in [0.4, 0.5) is 10.6 Å². The Bertz CT molecular complexity index is 1590. The Morgan fingerprint density at radius 2 is 1.74 bits per heavy atom. The number of carbonyl (C=O) groups is 2. The van der Waals surface area contributed by atoms with Crippen LogP contribution < -0.4 is 15.0 Å². The van der Waals surface area contributed by atoms with E-state index in [1.165, 1.54) is 17.5 Å². The van der Waals surface area contributed by atoms with Gasteiger partial charge in [-0.25, -0.2) is 14.8 Å². The fourth-order valence-electron chi connectivity index (χ4n) is 7.76. The molecule has 1 saturated heterocycles. The highest BCUT2D eigenvalue weighted by Gasteiger charge is 2.32. The maximum Gasteiger partial charge on any atom is 0.407 e. The van der Waals surface area contributed by atoms with Crippen LogP contribution in [0, 0.1) is 18.8 Å². The van der Waals surface area contributed by atoms with Crippen molar-refractivity contribution in [1.29, 1.82) is 0 Å². The van der Waals surface area contributed by atoms with E-state index in [0.29, 0.717) is 31.6 Å². The third-order valence-electron chi connectivity index (χ3n) is 10.9. The fraction of sp³-hybridized carbons (Fsp3) is 0.600. The number of alkyl carbamates (subject to hydrolysis) is 1. The Balaban J connectivity index is 1.13. The summed E-state index contributed by atoms with van der Waals surface area (Å²) in [5.41, 5.74) is 3.11. The van der Waals surface area contributed by atoms with Gasteiger partial charge in [0, 0.05) is 44.1 Å². The largest absolute Gasteiger partial charge is 0.496 e. The molecule has 1 N–H and O–H groups in total. The first-order valence-corrected chi connectivity index (χ1v) is 19.4. The Morgan fingerprint density at radius 1 is 0.980 bits per heavy atom. The molecule has 1 aromatic carbocycles. The van der Waals surface area contributed by atoms with E-state index in [1.807, 2.05) is 37.2 Å². The molecule has 0 atom stereocenters. The van der Waals surface area contributed by atoms with Gasteiger partial charge in [-0.1, -0.05) is 45.2 Å². The quantitative estimate of drug-likeness (QED) is 0.214. The fourth-order valence-corrected chi connectivity index (χ4v) is 8.76. The van der Waals surface area contributed by atoms with Crippen molar-refractivity contribution in [2.75, 3.05) is 38.4 Å². The van der Waals surface area contributed by atoms with Gasteiger partial charge in [0.1, 0.15) is 23.2 Å². The van der Waals surface area contributed by atoms with Gasteiger partial charge < -0.3 is 19.5 Å². The summed E-state index contributed by atoms with van der Waals surface area (Å²) in [6.45, 7) is 8.45. The number of pyridine rings is 1. The van der Waals surface area contributed by atoms with Gasteiger partial charge >= 0.3 is 6.09 Å². The van der Waals surface area contributed by atoms with Gasteiger partial charge in [-0.2, -0.15) is 0 Å². The zero-order valence-electron chi connectivity index (χ0n) is 30.2. The van der Waals surface area contributed by atoms with Crippen LogP contribution >= 0.6 is 11.3 Å². The summed E-state index contributed by atoms with van der Waals surface area (Å²) in [7, 11) is 1.73. The topological polar surface area (TPSA) is 103 Å². The minimum absolute atomic E-state index is 0.0623. The van der Waals surface area contributed by atoms with Crippen molar-refractivity contribution in [1.82, 2.24) is 15.3 Å². The summed E-state index contributed by atoms with van der Waals surface area (Å²) in [6.07, 6.45) is 14.7. The van der Waals surface area contributed by atoms with Crippen LogP contribution in [-0.2, 0) is 19.7 Å². The number of hydrogen-bond acceptors (Lipinski definition) is 8. The average molecular weight is 703 g/mol. The van der Waals surface area contributed by atoms with Gasteiger partial charge in [0.05, 0.1) is 17.4 Å². The number of carbonyl (C=O) groups excluding carboxylic acids is 2. The normalized spacial score (nSPS) is 20.6. The van der Waals surface area contributed by atoms with Crippen molar-refractivity contribution < 1.29 is 23.8 Å². The van der Waals surface area contributed by atoms with Gasteiger partial charge in [-0.15, -0.1) is 11.3 Å². The smallest absolute Gasteiger partial charge is 0.407 e. The number of amides is 2. The van der Waals surface area contributed by atoms with E-state index in [1.54, 1.807) is 18.4 Å². The van der Waals surface area contributed by atoms with E-state index in [0.717, 1.165) is 91.2 Å². The summed E-state index contributed by atoms with van der Waals surface area (Å²) in [5.74, 6) is 2.93. The van der Waals surface area contributed by atoms with Crippen molar-refractivity contribution in [2.45, 2.75) is 109 Å². The summed E-state index contributed by atoms with van der Waals surface area (Å²) in [4.78, 5) is 39.3. The lowest BCUT2D eigenvalue weighted by atomic mass is 9.78. The number of anilines is 1. The molecule has 3 aromatic rings. The molecule has 2 aliphatic carbocycles. The van der Waals surface area contributed by atoms with Crippen LogP contribution in [0.3, 0.4) is 0 Å². The molecule has 3 heterocycles. The van der Waals surface area contributed by atoms with E-state index in [9.17, 15) is 9.59 Å². The number of nitrogens with one attached hydrogen (secondary N) is 1. The van der Waals surface area contributed by atoms with Crippen molar-refractivity contribution in [3.63, 3.8) is 0 Å². The van der Waals surface area contributed by atoms with Crippen molar-refractivity contribution in [2.24, 2.45) is 11.8 Å². The van der Waals surface area contributed by atoms with Crippen molar-refractivity contribution in [3.8, 4) is 16.2 Å². The monoisotopic (exact) mass is 702 g/mol. The van der Waals surface area contributed by atoms with Gasteiger partial charge in [-0.05, 0) is 105 Å². The minimum Gasteiger partial charge on any atom is -0.496 e. The Morgan fingerprint density at radius 3 is 2.46 bits per heavy atom. The average Bonchev–Trinajstić information content (AvgIpc) is 3.66. The number of thiazole rings is 1. The molecule has 9 nitrogen and oxygen atoms in total. The van der Waals surface area contributed by atoms with E-state index >= 15 is 0 Å². The number of rotatable bonds is 11. The van der Waals surface area contributed by atoms with Gasteiger partial charge in [0.25, 0.3) is 0 Å². The van der Waals surface area contributed by atoms with E-state index in [2.05, 4.69) is 36.5 Å². The Labute approximate surface area is 301 Å². The molecule has 6 rings (SSSR count). The number of hydrogen-bond donors (Lipinski definition) is 1. The predicted octanol–water partition coefficient (Wildman–Crippen LogP) is 8.59. The SMILES string of the molecule is COc1ccc(C2CCC(CN(C(=O)C3CCCCC3)c3cc(-c4cnc(C(C)(C)COC(=O)NC5CCOCC5)s4)ccn3)CC2)cc1C. The van der Waals surface area contributed by atoms with Gasteiger partial charge in [0.15, 0.2) is 0 Å². The third-order valence-corrected chi connectivity index (χ3v) is 12.3. The number of aromatic nitrogens is 2. The lowest BCUT2D eigenvalue weighted by molar-refractivity contribution is -0.123. The zero-order chi connectivity index (χ0) is 35.1. The zero-order valence-corrected chi connectivity index (χ0v) is 31.1. The lowest BCUT2D eigenvalue weighted by Gasteiger charge is -2.35. The molecule has 1 aliphatic heterocycles. The highest BCUT2D eigenvalue weighted by Crippen LogP contribution is 2.39. The molecule has 3 fully saturated rings.